The zero-order valence-corrected chi connectivity index (χ0v) is 13.3. The Kier molecular flexibility index (Phi) is 4.89. The van der Waals surface area contributed by atoms with Gasteiger partial charge in [0, 0.05) is 18.6 Å². The molecule has 0 spiro atoms. The Labute approximate surface area is 133 Å². The molecule has 0 aromatic heterocycles. The molecule has 128 valence electrons. The fraction of sp³-hybridized carbons (Fsp3) is 0.562. The molecule has 0 bridgehead atoms. The van der Waals surface area contributed by atoms with Gasteiger partial charge in [0.15, 0.2) is 0 Å². The Morgan fingerprint density at radius 2 is 1.87 bits per heavy atom. The van der Waals surface area contributed by atoms with Gasteiger partial charge >= 0.3 is 12.3 Å². The van der Waals surface area contributed by atoms with Crippen LogP contribution in [0.5, 0.6) is 0 Å². The van der Waals surface area contributed by atoms with Crippen LogP contribution < -0.4 is 10.6 Å². The average Bonchev–Trinajstić information content (AvgIpc) is 3.11. The fourth-order valence-corrected chi connectivity index (χ4v) is 2.23. The number of carbonyl (C=O) groups is 1. The van der Waals surface area contributed by atoms with Gasteiger partial charge in [0.2, 0.25) is 0 Å². The fourth-order valence-electron chi connectivity index (χ4n) is 2.23. The number of halogens is 3. The molecule has 2 unspecified atom stereocenters. The van der Waals surface area contributed by atoms with Gasteiger partial charge in [-0.25, -0.2) is 4.79 Å². The molecule has 1 saturated carbocycles. The summed E-state index contributed by atoms with van der Waals surface area (Å²) < 4.78 is 43.8. The highest BCUT2D eigenvalue weighted by molar-refractivity contribution is 5.68. The lowest BCUT2D eigenvalue weighted by Crippen LogP contribution is -2.36. The van der Waals surface area contributed by atoms with Gasteiger partial charge in [-0.2, -0.15) is 13.2 Å². The highest BCUT2D eigenvalue weighted by Gasteiger charge is 2.39. The number of benzene rings is 1. The second kappa shape index (κ2) is 6.39. The van der Waals surface area contributed by atoms with E-state index in [0.29, 0.717) is 6.42 Å². The van der Waals surface area contributed by atoms with Crippen LogP contribution in [-0.2, 0) is 17.5 Å². The van der Waals surface area contributed by atoms with Crippen molar-refractivity contribution in [3.05, 3.63) is 35.4 Å². The van der Waals surface area contributed by atoms with Crippen LogP contribution in [0.4, 0.5) is 18.0 Å². The first-order chi connectivity index (χ1) is 10.6. The second-order valence-electron chi connectivity index (χ2n) is 6.63. The molecule has 1 aromatic rings. The van der Waals surface area contributed by atoms with Gasteiger partial charge in [-0.05, 0) is 38.8 Å². The molecule has 1 fully saturated rings. The summed E-state index contributed by atoms with van der Waals surface area (Å²) in [4.78, 5) is 11.6. The van der Waals surface area contributed by atoms with Crippen molar-refractivity contribution in [1.82, 2.24) is 10.6 Å². The maximum atomic E-state index is 12.9. The number of alkyl halides is 3. The Balaban J connectivity index is 1.82. The van der Waals surface area contributed by atoms with Crippen LogP contribution in [0, 0.1) is 0 Å². The van der Waals surface area contributed by atoms with Crippen LogP contribution in [-0.4, -0.2) is 23.8 Å². The number of carbonyl (C=O) groups excluding carboxylic acids is 1. The number of amides is 1. The van der Waals surface area contributed by atoms with Crippen LogP contribution >= 0.6 is 0 Å². The molecule has 1 aliphatic rings. The van der Waals surface area contributed by atoms with Crippen LogP contribution in [0.2, 0.25) is 0 Å². The number of nitrogens with one attached hydrogen (secondary N) is 2. The minimum atomic E-state index is -4.37. The van der Waals surface area contributed by atoms with Gasteiger partial charge in [-0.3, -0.25) is 0 Å². The Morgan fingerprint density at radius 1 is 1.22 bits per heavy atom. The van der Waals surface area contributed by atoms with Gasteiger partial charge in [0.05, 0.1) is 5.56 Å². The first-order valence-corrected chi connectivity index (χ1v) is 7.44. The van der Waals surface area contributed by atoms with Crippen LogP contribution in [0.25, 0.3) is 0 Å². The van der Waals surface area contributed by atoms with E-state index in [0.717, 1.165) is 6.07 Å². The lowest BCUT2D eigenvalue weighted by Gasteiger charge is -2.19. The minimum Gasteiger partial charge on any atom is -0.444 e. The summed E-state index contributed by atoms with van der Waals surface area (Å²) in [5.74, 6) is 0. The molecule has 23 heavy (non-hydrogen) atoms. The summed E-state index contributed by atoms with van der Waals surface area (Å²) in [6, 6.07) is 5.33. The number of rotatable bonds is 4. The van der Waals surface area contributed by atoms with E-state index in [9.17, 15) is 18.0 Å². The molecule has 2 rings (SSSR count). The molecule has 0 heterocycles. The maximum Gasteiger partial charge on any atom is 0.416 e. The molecule has 0 aliphatic heterocycles. The summed E-state index contributed by atoms with van der Waals surface area (Å²) in [6.07, 6.45) is -4.20. The molecule has 1 aromatic carbocycles. The SMILES string of the molecule is CC(C)(C)OC(=O)NC1CC1NCc1ccccc1C(F)(F)F. The van der Waals surface area contributed by atoms with Crippen LogP contribution in [0.3, 0.4) is 0 Å². The Hall–Kier alpha value is -1.76. The lowest BCUT2D eigenvalue weighted by molar-refractivity contribution is -0.138. The van der Waals surface area contributed by atoms with Crippen molar-refractivity contribution in [2.45, 2.75) is 57.6 Å². The third kappa shape index (κ3) is 5.42. The molecule has 2 atom stereocenters. The summed E-state index contributed by atoms with van der Waals surface area (Å²) in [7, 11) is 0. The molecule has 1 amide bonds. The first kappa shape index (κ1) is 17.6. The van der Waals surface area contributed by atoms with Crippen molar-refractivity contribution in [3.63, 3.8) is 0 Å². The molecule has 2 N–H and O–H groups in total. The van der Waals surface area contributed by atoms with Crippen molar-refractivity contribution in [3.8, 4) is 0 Å². The predicted octanol–water partition coefficient (Wildman–Crippen LogP) is 3.46. The Bertz CT molecular complexity index is 567. The molecule has 0 saturated heterocycles. The second-order valence-corrected chi connectivity index (χ2v) is 6.63. The zero-order valence-electron chi connectivity index (χ0n) is 13.3. The monoisotopic (exact) mass is 330 g/mol. The van der Waals surface area contributed by atoms with E-state index in [2.05, 4.69) is 10.6 Å². The molecular weight excluding hydrogens is 309 g/mol. The molecule has 7 heteroatoms. The van der Waals surface area contributed by atoms with E-state index in [-0.39, 0.29) is 24.2 Å². The number of alkyl carbamates (subject to hydrolysis) is 1. The zero-order chi connectivity index (χ0) is 17.3. The number of hydrogen-bond donors (Lipinski definition) is 2. The smallest absolute Gasteiger partial charge is 0.416 e. The van der Waals surface area contributed by atoms with Crippen molar-refractivity contribution < 1.29 is 22.7 Å². The van der Waals surface area contributed by atoms with Crippen LogP contribution in [0.15, 0.2) is 24.3 Å². The van der Waals surface area contributed by atoms with E-state index in [1.165, 1.54) is 12.1 Å². The standard InChI is InChI=1S/C16H21F3N2O2/c1-15(2,3)23-14(22)21-13-8-12(13)20-9-10-6-4-5-7-11(10)16(17,18)19/h4-7,12-13,20H,8-9H2,1-3H3,(H,21,22). The highest BCUT2D eigenvalue weighted by Crippen LogP contribution is 2.32. The molecule has 1 aliphatic carbocycles. The minimum absolute atomic E-state index is 0.0381. The van der Waals surface area contributed by atoms with Gasteiger partial charge < -0.3 is 15.4 Å². The summed E-state index contributed by atoms with van der Waals surface area (Å²) >= 11 is 0. The first-order valence-electron chi connectivity index (χ1n) is 7.44. The summed E-state index contributed by atoms with van der Waals surface area (Å²) in [5, 5.41) is 5.73. The summed E-state index contributed by atoms with van der Waals surface area (Å²) in [5.41, 5.74) is -1.01. The van der Waals surface area contributed by atoms with E-state index >= 15 is 0 Å². The van der Waals surface area contributed by atoms with Crippen molar-refractivity contribution in [2.24, 2.45) is 0 Å². The highest BCUT2D eigenvalue weighted by atomic mass is 19.4. The topological polar surface area (TPSA) is 50.4 Å². The van der Waals surface area contributed by atoms with Gasteiger partial charge in [0.25, 0.3) is 0 Å². The van der Waals surface area contributed by atoms with Gasteiger partial charge in [-0.15, -0.1) is 0 Å². The van der Waals surface area contributed by atoms with E-state index in [4.69, 9.17) is 4.74 Å². The summed E-state index contributed by atoms with van der Waals surface area (Å²) in [6.45, 7) is 5.41. The number of ether oxygens (including phenoxy) is 1. The van der Waals surface area contributed by atoms with Gasteiger partial charge in [0.1, 0.15) is 5.60 Å². The molecule has 0 radical (unpaired) electrons. The third-order valence-electron chi connectivity index (χ3n) is 3.37. The number of hydrogen-bond acceptors (Lipinski definition) is 3. The van der Waals surface area contributed by atoms with Crippen molar-refractivity contribution in [1.29, 1.82) is 0 Å². The van der Waals surface area contributed by atoms with Crippen molar-refractivity contribution in [2.75, 3.05) is 0 Å². The molecular formula is C16H21F3N2O2. The Morgan fingerprint density at radius 3 is 2.48 bits per heavy atom. The predicted molar refractivity (Wildman–Crippen MR) is 79.8 cm³/mol. The quantitative estimate of drug-likeness (QED) is 0.889. The van der Waals surface area contributed by atoms with E-state index in [1.54, 1.807) is 26.8 Å². The maximum absolute atomic E-state index is 12.9. The molecule has 4 nitrogen and oxygen atoms in total. The van der Waals surface area contributed by atoms with Crippen molar-refractivity contribution >= 4 is 6.09 Å². The normalized spacial score (nSPS) is 21.0. The van der Waals surface area contributed by atoms with Crippen LogP contribution in [0.1, 0.15) is 38.3 Å². The third-order valence-corrected chi connectivity index (χ3v) is 3.37. The largest absolute Gasteiger partial charge is 0.444 e. The van der Waals surface area contributed by atoms with E-state index in [1.807, 2.05) is 0 Å². The lowest BCUT2D eigenvalue weighted by atomic mass is 10.1. The average molecular weight is 330 g/mol. The van der Waals surface area contributed by atoms with E-state index < -0.39 is 23.4 Å². The van der Waals surface area contributed by atoms with Gasteiger partial charge in [-0.1, -0.05) is 18.2 Å².